The van der Waals surface area contributed by atoms with Crippen molar-refractivity contribution >= 4 is 15.9 Å². The highest BCUT2D eigenvalue weighted by molar-refractivity contribution is 9.10. The Morgan fingerprint density at radius 2 is 1.88 bits per heavy atom. The lowest BCUT2D eigenvalue weighted by molar-refractivity contribution is 0.0861. The molecule has 3 nitrogen and oxygen atoms in total. The molecule has 1 aromatic carbocycles. The first-order chi connectivity index (χ1) is 7.90. The van der Waals surface area contributed by atoms with Gasteiger partial charge in [-0.3, -0.25) is 0 Å². The summed E-state index contributed by atoms with van der Waals surface area (Å²) in [7, 11) is 3.28. The van der Waals surface area contributed by atoms with Gasteiger partial charge >= 0.3 is 0 Å². The van der Waals surface area contributed by atoms with Crippen LogP contribution >= 0.6 is 15.9 Å². The average Bonchev–Trinajstić information content (AvgIpc) is 2.24. The highest BCUT2D eigenvalue weighted by Gasteiger charge is 2.18. The van der Waals surface area contributed by atoms with E-state index in [1.165, 1.54) is 5.56 Å². The van der Waals surface area contributed by atoms with E-state index in [1.807, 2.05) is 0 Å². The zero-order valence-electron chi connectivity index (χ0n) is 11.1. The first kappa shape index (κ1) is 14.5. The molecule has 17 heavy (non-hydrogen) atoms. The first-order valence-corrected chi connectivity index (χ1v) is 6.32. The molecule has 1 aromatic rings. The summed E-state index contributed by atoms with van der Waals surface area (Å²) in [6.45, 7) is 7.18. The van der Waals surface area contributed by atoms with Crippen LogP contribution in [0.2, 0.25) is 0 Å². The zero-order chi connectivity index (χ0) is 13.1. The number of methoxy groups -OCH3 is 1. The van der Waals surface area contributed by atoms with Gasteiger partial charge in [0, 0.05) is 12.1 Å². The van der Waals surface area contributed by atoms with Crippen molar-refractivity contribution in [2.75, 3.05) is 14.2 Å². The van der Waals surface area contributed by atoms with Crippen LogP contribution < -0.4 is 10.2 Å². The summed E-state index contributed by atoms with van der Waals surface area (Å²) >= 11 is 3.55. The molecule has 0 heterocycles. The minimum Gasteiger partial charge on any atom is -0.495 e. The predicted molar refractivity (Wildman–Crippen MR) is 73.2 cm³/mol. The van der Waals surface area contributed by atoms with Gasteiger partial charge in [0.25, 0.3) is 0 Å². The van der Waals surface area contributed by atoms with E-state index in [9.17, 15) is 0 Å². The highest BCUT2D eigenvalue weighted by Crippen LogP contribution is 2.34. The number of hydrogen-bond acceptors (Lipinski definition) is 3. The normalized spacial score (nSPS) is 11.6. The molecule has 0 aliphatic rings. The Kier molecular flexibility index (Phi) is 4.98. The van der Waals surface area contributed by atoms with Crippen LogP contribution in [0.4, 0.5) is 0 Å². The SMILES string of the molecule is CONCc1cc(C(C)(C)C)cc(Br)c1OC. The molecule has 0 fully saturated rings. The Labute approximate surface area is 112 Å². The van der Waals surface area contributed by atoms with Crippen molar-refractivity contribution in [2.45, 2.75) is 32.7 Å². The molecule has 0 atom stereocenters. The van der Waals surface area contributed by atoms with Crippen LogP contribution in [0, 0.1) is 0 Å². The summed E-state index contributed by atoms with van der Waals surface area (Å²) < 4.78 is 6.37. The first-order valence-electron chi connectivity index (χ1n) is 5.53. The van der Waals surface area contributed by atoms with Gasteiger partial charge in [-0.2, -0.15) is 5.48 Å². The van der Waals surface area contributed by atoms with E-state index in [1.54, 1.807) is 14.2 Å². The largest absolute Gasteiger partial charge is 0.495 e. The summed E-state index contributed by atoms with van der Waals surface area (Å²) in [5.74, 6) is 0.850. The monoisotopic (exact) mass is 301 g/mol. The lowest BCUT2D eigenvalue weighted by Gasteiger charge is -2.22. The minimum absolute atomic E-state index is 0.108. The van der Waals surface area contributed by atoms with Gasteiger partial charge in [-0.25, -0.2) is 0 Å². The van der Waals surface area contributed by atoms with Crippen LogP contribution in [0.15, 0.2) is 16.6 Å². The van der Waals surface area contributed by atoms with Crippen molar-refractivity contribution in [2.24, 2.45) is 0 Å². The topological polar surface area (TPSA) is 30.5 Å². The van der Waals surface area contributed by atoms with Crippen LogP contribution in [-0.4, -0.2) is 14.2 Å². The summed E-state index contributed by atoms with van der Waals surface area (Å²) in [6.07, 6.45) is 0. The molecule has 0 bridgehead atoms. The van der Waals surface area contributed by atoms with Crippen molar-refractivity contribution in [3.05, 3.63) is 27.7 Å². The Morgan fingerprint density at radius 3 is 2.35 bits per heavy atom. The second-order valence-electron chi connectivity index (χ2n) is 4.93. The fourth-order valence-corrected chi connectivity index (χ4v) is 2.26. The average molecular weight is 302 g/mol. The van der Waals surface area contributed by atoms with E-state index in [2.05, 4.69) is 54.3 Å². The van der Waals surface area contributed by atoms with Crippen LogP contribution in [0.5, 0.6) is 5.75 Å². The van der Waals surface area contributed by atoms with Crippen molar-refractivity contribution in [3.8, 4) is 5.75 Å². The third kappa shape index (κ3) is 3.69. The summed E-state index contributed by atoms with van der Waals surface area (Å²) in [5.41, 5.74) is 5.29. The molecule has 0 saturated heterocycles. The molecule has 0 spiro atoms. The second kappa shape index (κ2) is 5.85. The van der Waals surface area contributed by atoms with E-state index in [-0.39, 0.29) is 5.41 Å². The van der Waals surface area contributed by atoms with Crippen LogP contribution in [-0.2, 0) is 16.8 Å². The van der Waals surface area contributed by atoms with Gasteiger partial charge in [-0.05, 0) is 33.0 Å². The fourth-order valence-electron chi connectivity index (χ4n) is 1.59. The number of rotatable bonds is 4. The van der Waals surface area contributed by atoms with Gasteiger partial charge in [0.15, 0.2) is 0 Å². The second-order valence-corrected chi connectivity index (χ2v) is 5.78. The Bertz CT molecular complexity index is 386. The van der Waals surface area contributed by atoms with Gasteiger partial charge < -0.3 is 9.57 Å². The smallest absolute Gasteiger partial charge is 0.137 e. The molecule has 0 radical (unpaired) electrons. The molecule has 0 aliphatic heterocycles. The Balaban J connectivity index is 3.19. The number of hydrogen-bond donors (Lipinski definition) is 1. The molecule has 0 saturated carbocycles. The standard InChI is InChI=1S/C13H20BrNO2/c1-13(2,3)10-6-9(8-15-17-5)12(16-4)11(14)7-10/h6-7,15H,8H2,1-5H3. The molecule has 0 amide bonds. The molecule has 0 aliphatic carbocycles. The third-order valence-corrected chi connectivity index (χ3v) is 3.19. The van der Waals surface area contributed by atoms with Crippen molar-refractivity contribution in [1.29, 1.82) is 0 Å². The molecular weight excluding hydrogens is 282 g/mol. The third-order valence-electron chi connectivity index (χ3n) is 2.60. The summed E-state index contributed by atoms with van der Waals surface area (Å²) in [6, 6.07) is 4.25. The number of hydroxylamine groups is 1. The molecule has 0 aromatic heterocycles. The maximum atomic E-state index is 5.40. The molecule has 1 rings (SSSR count). The Hall–Kier alpha value is -0.580. The summed E-state index contributed by atoms with van der Waals surface area (Å²) in [5, 5.41) is 0. The van der Waals surface area contributed by atoms with E-state index in [4.69, 9.17) is 9.57 Å². The van der Waals surface area contributed by atoms with Crippen LogP contribution in [0.3, 0.4) is 0 Å². The van der Waals surface area contributed by atoms with Gasteiger partial charge in [0.2, 0.25) is 0 Å². The zero-order valence-corrected chi connectivity index (χ0v) is 12.6. The lowest BCUT2D eigenvalue weighted by Crippen LogP contribution is -2.15. The molecule has 4 heteroatoms. The van der Waals surface area contributed by atoms with Gasteiger partial charge in [-0.15, -0.1) is 0 Å². The lowest BCUT2D eigenvalue weighted by atomic mass is 9.86. The molecule has 0 unspecified atom stereocenters. The van der Waals surface area contributed by atoms with E-state index in [0.717, 1.165) is 15.8 Å². The van der Waals surface area contributed by atoms with Gasteiger partial charge in [0.05, 0.1) is 18.7 Å². The summed E-state index contributed by atoms with van der Waals surface area (Å²) in [4.78, 5) is 4.89. The maximum Gasteiger partial charge on any atom is 0.137 e. The van der Waals surface area contributed by atoms with E-state index >= 15 is 0 Å². The van der Waals surface area contributed by atoms with Crippen molar-refractivity contribution in [1.82, 2.24) is 5.48 Å². The molecule has 96 valence electrons. The van der Waals surface area contributed by atoms with Crippen LogP contribution in [0.1, 0.15) is 31.9 Å². The number of halogens is 1. The van der Waals surface area contributed by atoms with E-state index in [0.29, 0.717) is 6.54 Å². The van der Waals surface area contributed by atoms with Crippen molar-refractivity contribution in [3.63, 3.8) is 0 Å². The quantitative estimate of drug-likeness (QED) is 0.865. The minimum atomic E-state index is 0.108. The Morgan fingerprint density at radius 1 is 1.24 bits per heavy atom. The maximum absolute atomic E-state index is 5.40. The number of benzene rings is 1. The number of ether oxygens (including phenoxy) is 1. The van der Waals surface area contributed by atoms with Crippen LogP contribution in [0.25, 0.3) is 0 Å². The number of nitrogens with one attached hydrogen (secondary N) is 1. The van der Waals surface area contributed by atoms with Gasteiger partial charge in [-0.1, -0.05) is 26.8 Å². The van der Waals surface area contributed by atoms with E-state index < -0.39 is 0 Å². The molecular formula is C13H20BrNO2. The fraction of sp³-hybridized carbons (Fsp3) is 0.538. The predicted octanol–water partition coefficient (Wildman–Crippen LogP) is 3.41. The molecule has 1 N–H and O–H groups in total. The van der Waals surface area contributed by atoms with Crippen molar-refractivity contribution < 1.29 is 9.57 Å². The van der Waals surface area contributed by atoms with Gasteiger partial charge in [0.1, 0.15) is 5.75 Å². The highest BCUT2D eigenvalue weighted by atomic mass is 79.9.